The largest absolute Gasteiger partial charge is 0.416 e. The Morgan fingerprint density at radius 2 is 2.14 bits per heavy atom. The molecule has 0 saturated carbocycles. The third-order valence-corrected chi connectivity index (χ3v) is 3.02. The number of aromatic nitrogens is 1. The molecule has 0 fully saturated rings. The summed E-state index contributed by atoms with van der Waals surface area (Å²) in [5.74, 6) is -0.489. The highest BCUT2D eigenvalue weighted by atomic mass is 35.5. The zero-order valence-corrected chi connectivity index (χ0v) is 11.8. The molecule has 0 spiro atoms. The van der Waals surface area contributed by atoms with E-state index in [1.807, 2.05) is 0 Å². The van der Waals surface area contributed by atoms with E-state index in [1.165, 1.54) is 12.3 Å². The number of alkyl halides is 3. The van der Waals surface area contributed by atoms with Gasteiger partial charge in [-0.15, -0.1) is 0 Å². The number of carbonyl (C=O) groups excluding carboxylic acids is 1. The monoisotopic (exact) mass is 330 g/mol. The van der Waals surface area contributed by atoms with Crippen LogP contribution in [0.3, 0.4) is 0 Å². The van der Waals surface area contributed by atoms with Gasteiger partial charge in [0.2, 0.25) is 5.91 Å². The zero-order valence-electron chi connectivity index (χ0n) is 11.0. The van der Waals surface area contributed by atoms with E-state index in [1.54, 1.807) is 6.07 Å². The van der Waals surface area contributed by atoms with Crippen molar-refractivity contribution in [2.24, 2.45) is 0 Å². The molecule has 1 aromatic carbocycles. The molecular weight excluding hydrogens is 321 g/mol. The summed E-state index contributed by atoms with van der Waals surface area (Å²) in [6, 6.07) is 4.47. The lowest BCUT2D eigenvalue weighted by Gasteiger charge is -2.08. The van der Waals surface area contributed by atoms with Gasteiger partial charge in [-0.2, -0.15) is 13.2 Å². The van der Waals surface area contributed by atoms with Crippen molar-refractivity contribution in [2.75, 3.05) is 0 Å². The minimum Gasteiger partial charge on any atom is -0.364 e. The second-order valence-corrected chi connectivity index (χ2v) is 4.68. The molecule has 1 amide bonds. The maximum Gasteiger partial charge on any atom is 0.416 e. The number of nitrogens with zero attached hydrogens (tertiary/aromatic N) is 1. The van der Waals surface area contributed by atoms with Crippen molar-refractivity contribution in [3.05, 3.63) is 58.4 Å². The lowest BCUT2D eigenvalue weighted by molar-refractivity contribution is -0.137. The minimum absolute atomic E-state index is 0.105. The predicted octanol–water partition coefficient (Wildman–Crippen LogP) is 3.68. The van der Waals surface area contributed by atoms with Crippen LogP contribution in [0.15, 0.2) is 41.1 Å². The Bertz CT molecular complexity index is 682. The molecule has 0 radical (unpaired) electrons. The van der Waals surface area contributed by atoms with Crippen LogP contribution in [-0.4, -0.2) is 11.1 Å². The van der Waals surface area contributed by atoms with Crippen LogP contribution in [0.5, 0.6) is 0 Å². The van der Waals surface area contributed by atoms with Crippen LogP contribution in [0.25, 0.3) is 6.08 Å². The lowest BCUT2D eigenvalue weighted by atomic mass is 10.1. The van der Waals surface area contributed by atoms with E-state index in [0.29, 0.717) is 5.69 Å². The Kier molecular flexibility index (Phi) is 4.87. The first kappa shape index (κ1) is 16.1. The summed E-state index contributed by atoms with van der Waals surface area (Å²) < 4.78 is 42.4. The highest BCUT2D eigenvalue weighted by Crippen LogP contribution is 2.32. The standard InChI is InChI=1S/C14H10ClF3N2O2/c15-12-3-2-10(14(16,17)18)7-9(12)1-4-13(21)19-8-11-5-6-22-20-11/h1-7H,8H2,(H,19,21). The quantitative estimate of drug-likeness (QED) is 0.870. The molecule has 116 valence electrons. The molecule has 1 aromatic heterocycles. The molecule has 2 aromatic rings. The highest BCUT2D eigenvalue weighted by molar-refractivity contribution is 6.32. The van der Waals surface area contributed by atoms with Gasteiger partial charge in [-0.1, -0.05) is 16.8 Å². The van der Waals surface area contributed by atoms with Crippen LogP contribution in [0, 0.1) is 0 Å². The Labute approximate surface area is 128 Å². The van der Waals surface area contributed by atoms with Crippen LogP contribution in [0.1, 0.15) is 16.8 Å². The van der Waals surface area contributed by atoms with Gasteiger partial charge < -0.3 is 9.84 Å². The number of halogens is 4. The molecule has 2 rings (SSSR count). The molecule has 8 heteroatoms. The van der Waals surface area contributed by atoms with Gasteiger partial charge in [0.05, 0.1) is 12.1 Å². The third kappa shape index (κ3) is 4.36. The Morgan fingerprint density at radius 1 is 1.36 bits per heavy atom. The fraction of sp³-hybridized carbons (Fsp3) is 0.143. The number of amides is 1. The lowest BCUT2D eigenvalue weighted by Crippen LogP contribution is -2.20. The maximum absolute atomic E-state index is 12.6. The average Bonchev–Trinajstić information content (AvgIpc) is 2.96. The second-order valence-electron chi connectivity index (χ2n) is 4.28. The van der Waals surface area contributed by atoms with Crippen molar-refractivity contribution < 1.29 is 22.5 Å². The number of carbonyl (C=O) groups is 1. The van der Waals surface area contributed by atoms with Crippen molar-refractivity contribution >= 4 is 23.6 Å². The molecule has 0 atom stereocenters. The summed E-state index contributed by atoms with van der Waals surface area (Å²) in [6.45, 7) is 0.149. The van der Waals surface area contributed by atoms with Gasteiger partial charge in [-0.25, -0.2) is 0 Å². The van der Waals surface area contributed by atoms with Crippen LogP contribution in [0.2, 0.25) is 5.02 Å². The smallest absolute Gasteiger partial charge is 0.364 e. The van der Waals surface area contributed by atoms with E-state index in [0.717, 1.165) is 24.3 Å². The Hall–Kier alpha value is -2.28. The molecule has 0 aliphatic heterocycles. The number of hydrogen-bond acceptors (Lipinski definition) is 3. The van der Waals surface area contributed by atoms with E-state index < -0.39 is 17.6 Å². The fourth-order valence-corrected chi connectivity index (χ4v) is 1.76. The van der Waals surface area contributed by atoms with E-state index in [4.69, 9.17) is 11.6 Å². The maximum atomic E-state index is 12.6. The van der Waals surface area contributed by atoms with Crippen molar-refractivity contribution in [2.45, 2.75) is 12.7 Å². The van der Waals surface area contributed by atoms with E-state index >= 15 is 0 Å². The number of nitrogens with one attached hydrogen (secondary N) is 1. The Balaban J connectivity index is 2.04. The number of rotatable bonds is 4. The van der Waals surface area contributed by atoms with Gasteiger partial charge in [0.15, 0.2) is 0 Å². The molecular formula is C14H10ClF3N2O2. The summed E-state index contributed by atoms with van der Waals surface area (Å²) in [4.78, 5) is 11.6. The summed E-state index contributed by atoms with van der Waals surface area (Å²) in [5.41, 5.74) is -0.202. The molecule has 0 unspecified atom stereocenters. The summed E-state index contributed by atoms with van der Waals surface area (Å²) in [5, 5.41) is 6.22. The minimum atomic E-state index is -4.47. The first-order valence-corrected chi connectivity index (χ1v) is 6.46. The van der Waals surface area contributed by atoms with Gasteiger partial charge in [0.1, 0.15) is 12.0 Å². The molecule has 0 aliphatic carbocycles. The van der Waals surface area contributed by atoms with E-state index in [2.05, 4.69) is 15.0 Å². The summed E-state index contributed by atoms with van der Waals surface area (Å²) in [7, 11) is 0. The van der Waals surface area contributed by atoms with Crippen molar-refractivity contribution in [3.8, 4) is 0 Å². The SMILES string of the molecule is O=C(C=Cc1cc(C(F)(F)F)ccc1Cl)NCc1ccon1. The molecule has 0 saturated heterocycles. The summed E-state index contributed by atoms with van der Waals surface area (Å²) in [6.07, 6.45) is -0.792. The summed E-state index contributed by atoms with van der Waals surface area (Å²) >= 11 is 5.82. The van der Waals surface area contributed by atoms with Crippen molar-refractivity contribution in [3.63, 3.8) is 0 Å². The van der Waals surface area contributed by atoms with Crippen LogP contribution in [0.4, 0.5) is 13.2 Å². The molecule has 0 aliphatic rings. The van der Waals surface area contributed by atoms with Gasteiger partial charge in [0.25, 0.3) is 0 Å². The fourth-order valence-electron chi connectivity index (χ4n) is 1.58. The second kappa shape index (κ2) is 6.65. The normalized spacial score (nSPS) is 11.8. The average molecular weight is 331 g/mol. The van der Waals surface area contributed by atoms with Gasteiger partial charge in [0, 0.05) is 17.2 Å². The van der Waals surface area contributed by atoms with Gasteiger partial charge in [-0.3, -0.25) is 4.79 Å². The van der Waals surface area contributed by atoms with Crippen LogP contribution < -0.4 is 5.32 Å². The first-order chi connectivity index (χ1) is 10.4. The van der Waals surface area contributed by atoms with E-state index in [-0.39, 0.29) is 17.1 Å². The molecule has 1 heterocycles. The first-order valence-electron chi connectivity index (χ1n) is 6.08. The van der Waals surface area contributed by atoms with E-state index in [9.17, 15) is 18.0 Å². The molecule has 1 N–H and O–H groups in total. The third-order valence-electron chi connectivity index (χ3n) is 2.67. The number of hydrogen-bond donors (Lipinski definition) is 1. The van der Waals surface area contributed by atoms with Gasteiger partial charge >= 0.3 is 6.18 Å². The molecule has 22 heavy (non-hydrogen) atoms. The van der Waals surface area contributed by atoms with Crippen LogP contribution in [-0.2, 0) is 17.5 Å². The Morgan fingerprint density at radius 3 is 2.77 bits per heavy atom. The highest BCUT2D eigenvalue weighted by Gasteiger charge is 2.30. The molecule has 0 bridgehead atoms. The topological polar surface area (TPSA) is 55.1 Å². The predicted molar refractivity (Wildman–Crippen MR) is 73.8 cm³/mol. The number of benzene rings is 1. The van der Waals surface area contributed by atoms with Crippen molar-refractivity contribution in [1.29, 1.82) is 0 Å². The van der Waals surface area contributed by atoms with Gasteiger partial charge in [-0.05, 0) is 29.8 Å². The molecule has 4 nitrogen and oxygen atoms in total. The van der Waals surface area contributed by atoms with Crippen molar-refractivity contribution in [1.82, 2.24) is 10.5 Å². The zero-order chi connectivity index (χ0) is 16.2. The van der Waals surface area contributed by atoms with Crippen LogP contribution >= 0.6 is 11.6 Å².